The SMILES string of the molecule is Cc1nc2ccc(Cl)cc2c(Nc2ccc(Cl)cc2C(=O)O)c1S(=O)(=O)C1CSCCN1. The fourth-order valence-electron chi connectivity index (χ4n) is 3.63. The van der Waals surface area contributed by atoms with Crippen LogP contribution in [-0.4, -0.2) is 47.9 Å². The van der Waals surface area contributed by atoms with E-state index in [1.807, 2.05) is 0 Å². The van der Waals surface area contributed by atoms with Gasteiger partial charge in [0.05, 0.1) is 28.1 Å². The van der Waals surface area contributed by atoms with E-state index in [9.17, 15) is 18.3 Å². The zero-order valence-electron chi connectivity index (χ0n) is 16.9. The van der Waals surface area contributed by atoms with Gasteiger partial charge < -0.3 is 10.4 Å². The number of anilines is 2. The number of thioether (sulfide) groups is 1. The Balaban J connectivity index is 1.99. The van der Waals surface area contributed by atoms with E-state index in [0.717, 1.165) is 5.75 Å². The van der Waals surface area contributed by atoms with Crippen molar-refractivity contribution in [3.05, 3.63) is 57.7 Å². The van der Waals surface area contributed by atoms with E-state index < -0.39 is 21.2 Å². The van der Waals surface area contributed by atoms with Crippen LogP contribution in [0.15, 0.2) is 41.3 Å². The van der Waals surface area contributed by atoms with Crippen molar-refractivity contribution >= 4 is 73.0 Å². The number of pyridine rings is 1. The zero-order chi connectivity index (χ0) is 23.0. The van der Waals surface area contributed by atoms with Gasteiger partial charge in [0.15, 0.2) is 9.84 Å². The van der Waals surface area contributed by atoms with Crippen LogP contribution in [0.25, 0.3) is 10.9 Å². The molecule has 2 aromatic carbocycles. The molecule has 0 radical (unpaired) electrons. The number of carboxylic acids is 1. The number of halogens is 2. The number of sulfone groups is 1. The van der Waals surface area contributed by atoms with Gasteiger partial charge >= 0.3 is 5.97 Å². The Kier molecular flexibility index (Phi) is 6.56. The Labute approximate surface area is 199 Å². The standard InChI is InChI=1S/C21H19Cl2N3O4S2/c1-11-20(32(29,30)18-10-31-7-6-24-18)19(14-8-12(22)2-4-16(14)25-11)26-17-5-3-13(23)9-15(17)21(27)28/h2-5,8-9,18,24H,6-7,10H2,1H3,(H,25,26)(H,27,28). The van der Waals surface area contributed by atoms with Crippen LogP contribution < -0.4 is 10.6 Å². The largest absolute Gasteiger partial charge is 0.478 e. The average molecular weight is 512 g/mol. The van der Waals surface area contributed by atoms with Crippen LogP contribution in [0, 0.1) is 6.92 Å². The van der Waals surface area contributed by atoms with Gasteiger partial charge in [-0.2, -0.15) is 11.8 Å². The molecule has 0 aliphatic carbocycles. The molecule has 168 valence electrons. The highest BCUT2D eigenvalue weighted by Gasteiger charge is 2.34. The van der Waals surface area contributed by atoms with Crippen LogP contribution in [0.4, 0.5) is 11.4 Å². The first-order chi connectivity index (χ1) is 15.2. The van der Waals surface area contributed by atoms with E-state index in [2.05, 4.69) is 15.6 Å². The molecule has 2 heterocycles. The number of aromatic nitrogens is 1. The predicted octanol–water partition coefficient (Wildman–Crippen LogP) is 4.73. The number of nitrogens with one attached hydrogen (secondary N) is 2. The van der Waals surface area contributed by atoms with Crippen molar-refractivity contribution in [1.29, 1.82) is 0 Å². The predicted molar refractivity (Wildman–Crippen MR) is 129 cm³/mol. The molecular formula is C21H19Cl2N3O4S2. The molecule has 0 spiro atoms. The van der Waals surface area contributed by atoms with Gasteiger partial charge in [0.25, 0.3) is 0 Å². The first kappa shape index (κ1) is 23.1. The molecule has 3 N–H and O–H groups in total. The molecule has 32 heavy (non-hydrogen) atoms. The van der Waals surface area contributed by atoms with E-state index in [1.165, 1.54) is 18.2 Å². The molecule has 4 rings (SSSR count). The molecular weight excluding hydrogens is 493 g/mol. The van der Waals surface area contributed by atoms with E-state index in [0.29, 0.717) is 33.9 Å². The molecule has 1 aliphatic heterocycles. The minimum absolute atomic E-state index is 0.0126. The summed E-state index contributed by atoms with van der Waals surface area (Å²) >= 11 is 13.8. The van der Waals surface area contributed by atoms with Crippen LogP contribution >= 0.6 is 35.0 Å². The lowest BCUT2D eigenvalue weighted by Gasteiger charge is -2.26. The quantitative estimate of drug-likeness (QED) is 0.451. The van der Waals surface area contributed by atoms with Crippen LogP contribution in [0.2, 0.25) is 10.0 Å². The van der Waals surface area contributed by atoms with Crippen LogP contribution in [0.5, 0.6) is 0 Å². The topological polar surface area (TPSA) is 108 Å². The van der Waals surface area contributed by atoms with Gasteiger partial charge in [-0.15, -0.1) is 0 Å². The van der Waals surface area contributed by atoms with Crippen molar-refractivity contribution in [3.8, 4) is 0 Å². The highest BCUT2D eigenvalue weighted by atomic mass is 35.5. The number of aryl methyl sites for hydroxylation is 1. The van der Waals surface area contributed by atoms with Crippen molar-refractivity contribution in [2.45, 2.75) is 17.2 Å². The second-order valence-corrected chi connectivity index (χ2v) is 11.3. The summed E-state index contributed by atoms with van der Waals surface area (Å²) in [7, 11) is -3.86. The Morgan fingerprint density at radius 1 is 1.22 bits per heavy atom. The molecule has 7 nitrogen and oxygen atoms in total. The van der Waals surface area contributed by atoms with E-state index in [1.54, 1.807) is 36.9 Å². The fourth-order valence-corrected chi connectivity index (χ4v) is 7.27. The maximum atomic E-state index is 13.7. The molecule has 1 fully saturated rings. The number of hydrogen-bond acceptors (Lipinski definition) is 7. The summed E-state index contributed by atoms with van der Waals surface area (Å²) in [5.74, 6) is 0.0303. The van der Waals surface area contributed by atoms with Gasteiger partial charge in [0.2, 0.25) is 0 Å². The average Bonchev–Trinajstić information content (AvgIpc) is 2.75. The van der Waals surface area contributed by atoms with Crippen LogP contribution in [-0.2, 0) is 9.84 Å². The Bertz CT molecular complexity index is 1330. The van der Waals surface area contributed by atoms with Crippen molar-refractivity contribution in [1.82, 2.24) is 10.3 Å². The molecule has 1 atom stereocenters. The summed E-state index contributed by atoms with van der Waals surface area (Å²) in [5.41, 5.74) is 1.20. The van der Waals surface area contributed by atoms with Crippen molar-refractivity contribution in [2.24, 2.45) is 0 Å². The van der Waals surface area contributed by atoms with Gasteiger partial charge in [-0.3, -0.25) is 10.3 Å². The smallest absolute Gasteiger partial charge is 0.337 e. The van der Waals surface area contributed by atoms with Gasteiger partial charge in [-0.05, 0) is 43.3 Å². The number of benzene rings is 2. The minimum Gasteiger partial charge on any atom is -0.478 e. The summed E-state index contributed by atoms with van der Waals surface area (Å²) < 4.78 is 27.4. The minimum atomic E-state index is -3.86. The number of fused-ring (bicyclic) bond motifs is 1. The van der Waals surface area contributed by atoms with Crippen molar-refractivity contribution < 1.29 is 18.3 Å². The molecule has 1 aliphatic rings. The third-order valence-corrected chi connectivity index (χ3v) is 8.98. The maximum Gasteiger partial charge on any atom is 0.337 e. The lowest BCUT2D eigenvalue weighted by atomic mass is 10.1. The Hall–Kier alpha value is -2.04. The highest BCUT2D eigenvalue weighted by molar-refractivity contribution is 8.01. The van der Waals surface area contributed by atoms with Gasteiger partial charge in [-0.1, -0.05) is 23.2 Å². The number of hydrogen-bond donors (Lipinski definition) is 3. The van der Waals surface area contributed by atoms with Gasteiger partial charge in [0.1, 0.15) is 10.3 Å². The second-order valence-electron chi connectivity index (χ2n) is 7.25. The van der Waals surface area contributed by atoms with Crippen LogP contribution in [0.3, 0.4) is 0 Å². The van der Waals surface area contributed by atoms with Gasteiger partial charge in [-0.25, -0.2) is 13.2 Å². The summed E-state index contributed by atoms with van der Waals surface area (Å²) in [6.45, 7) is 2.20. The fraction of sp³-hybridized carbons (Fsp3) is 0.238. The number of aromatic carboxylic acids is 1. The van der Waals surface area contributed by atoms with Crippen LogP contribution in [0.1, 0.15) is 16.1 Å². The molecule has 0 saturated carbocycles. The number of nitrogens with zero attached hydrogens (tertiary/aromatic N) is 1. The van der Waals surface area contributed by atoms with E-state index in [4.69, 9.17) is 23.2 Å². The molecule has 1 saturated heterocycles. The molecule has 3 aromatic rings. The number of carboxylic acid groups (broad SMARTS) is 1. The third kappa shape index (κ3) is 4.40. The first-order valence-corrected chi connectivity index (χ1v) is 13.1. The normalized spacial score (nSPS) is 16.8. The monoisotopic (exact) mass is 511 g/mol. The number of carbonyl (C=O) groups is 1. The van der Waals surface area contributed by atoms with Crippen molar-refractivity contribution in [3.63, 3.8) is 0 Å². The first-order valence-electron chi connectivity index (χ1n) is 9.63. The highest BCUT2D eigenvalue weighted by Crippen LogP contribution is 2.38. The van der Waals surface area contributed by atoms with E-state index >= 15 is 0 Å². The molecule has 1 unspecified atom stereocenters. The van der Waals surface area contributed by atoms with Gasteiger partial charge in [0, 0.05) is 33.5 Å². The summed E-state index contributed by atoms with van der Waals surface area (Å²) in [6, 6.07) is 9.32. The second kappa shape index (κ2) is 9.07. The number of rotatable bonds is 5. The zero-order valence-corrected chi connectivity index (χ0v) is 20.0. The summed E-state index contributed by atoms with van der Waals surface area (Å²) in [5, 5.41) is 16.1. The molecule has 0 bridgehead atoms. The Morgan fingerprint density at radius 3 is 2.62 bits per heavy atom. The molecule has 11 heteroatoms. The van der Waals surface area contributed by atoms with E-state index in [-0.39, 0.29) is 26.9 Å². The summed E-state index contributed by atoms with van der Waals surface area (Å²) in [6.07, 6.45) is 0. The third-order valence-electron chi connectivity index (χ3n) is 5.09. The molecule has 0 amide bonds. The van der Waals surface area contributed by atoms with Crippen molar-refractivity contribution in [2.75, 3.05) is 23.4 Å². The lowest BCUT2D eigenvalue weighted by Crippen LogP contribution is -2.43. The lowest BCUT2D eigenvalue weighted by molar-refractivity contribution is 0.0698. The Morgan fingerprint density at radius 2 is 1.94 bits per heavy atom. The summed E-state index contributed by atoms with van der Waals surface area (Å²) in [4.78, 5) is 16.3. The molecule has 1 aromatic heterocycles. The maximum absolute atomic E-state index is 13.7.